The van der Waals surface area contributed by atoms with Gasteiger partial charge in [0.05, 0.1) is 0 Å². The number of nitrogens with one attached hydrogen (secondary N) is 1. The van der Waals surface area contributed by atoms with Crippen LogP contribution in [-0.2, 0) is 0 Å². The lowest BCUT2D eigenvalue weighted by molar-refractivity contribution is 0.383. The Bertz CT molecular complexity index is 215. The van der Waals surface area contributed by atoms with E-state index in [2.05, 4.69) is 12.4 Å². The van der Waals surface area contributed by atoms with Gasteiger partial charge in [-0.25, -0.2) is 0 Å². The Morgan fingerprint density at radius 3 is 2.13 bits per heavy atom. The van der Waals surface area contributed by atoms with Gasteiger partial charge in [-0.3, -0.25) is 0 Å². The minimum absolute atomic E-state index is 0.872. The molecule has 0 aliphatic heterocycles. The molecule has 0 aromatic carbocycles. The first-order valence-corrected chi connectivity index (χ1v) is 6.81. The van der Waals surface area contributed by atoms with E-state index in [1.165, 1.54) is 64.2 Å². The van der Waals surface area contributed by atoms with Crippen molar-refractivity contribution < 1.29 is 0 Å². The van der Waals surface area contributed by atoms with E-state index in [4.69, 9.17) is 0 Å². The summed E-state index contributed by atoms with van der Waals surface area (Å²) in [7, 11) is 2.13. The molecule has 2 saturated carbocycles. The van der Waals surface area contributed by atoms with Crippen molar-refractivity contribution in [1.82, 2.24) is 5.32 Å². The molecule has 0 aromatic heterocycles. The molecule has 0 atom stereocenters. The van der Waals surface area contributed by atoms with Crippen LogP contribution in [0.2, 0.25) is 0 Å². The summed E-state index contributed by atoms with van der Waals surface area (Å²) in [6.07, 6.45) is 14.2. The lowest BCUT2D eigenvalue weighted by Crippen LogP contribution is -2.21. The lowest BCUT2D eigenvalue weighted by Gasteiger charge is -2.28. The van der Waals surface area contributed by atoms with E-state index in [0.29, 0.717) is 0 Å². The summed E-state index contributed by atoms with van der Waals surface area (Å²) in [6, 6.07) is 0. The molecule has 1 nitrogen and oxygen atoms in total. The number of hydrogen-bond acceptors (Lipinski definition) is 1. The van der Waals surface area contributed by atoms with Gasteiger partial charge in [0.2, 0.25) is 0 Å². The van der Waals surface area contributed by atoms with Gasteiger partial charge in [-0.05, 0) is 44.4 Å². The molecule has 0 unspecified atom stereocenters. The lowest BCUT2D eigenvalue weighted by atomic mass is 9.82. The fourth-order valence-corrected chi connectivity index (χ4v) is 3.31. The zero-order valence-electron chi connectivity index (χ0n) is 10.1. The highest BCUT2D eigenvalue weighted by Crippen LogP contribution is 2.34. The molecule has 86 valence electrons. The molecular weight excluding hydrogens is 182 g/mol. The molecule has 0 heterocycles. The zero-order valence-corrected chi connectivity index (χ0v) is 10.1. The van der Waals surface area contributed by atoms with Crippen molar-refractivity contribution in [2.75, 3.05) is 7.05 Å². The largest absolute Gasteiger partial charge is 0.391 e. The van der Waals surface area contributed by atoms with E-state index < -0.39 is 0 Å². The summed E-state index contributed by atoms with van der Waals surface area (Å²) in [4.78, 5) is 0. The highest BCUT2D eigenvalue weighted by atomic mass is 14.8. The molecule has 0 saturated heterocycles. The summed E-state index contributed by atoms with van der Waals surface area (Å²) in [5, 5.41) is 3.52. The molecule has 2 fully saturated rings. The molecule has 2 aliphatic rings. The number of rotatable bonds is 2. The third kappa shape index (κ3) is 2.76. The Kier molecular flexibility index (Phi) is 4.10. The van der Waals surface area contributed by atoms with Crippen molar-refractivity contribution in [3.8, 4) is 0 Å². The quantitative estimate of drug-likeness (QED) is 0.721. The topological polar surface area (TPSA) is 12.0 Å². The molecule has 0 spiro atoms. The summed E-state index contributed by atoms with van der Waals surface area (Å²) >= 11 is 0. The standard InChI is InChI=1S/C14H25N/c1-15-14(12-8-4-2-5-9-12)13-10-6-3-7-11-13/h12,15H,2-11H2,1H3. The van der Waals surface area contributed by atoms with Crippen LogP contribution in [0.4, 0.5) is 0 Å². The van der Waals surface area contributed by atoms with Crippen LogP contribution in [0.3, 0.4) is 0 Å². The van der Waals surface area contributed by atoms with Crippen molar-refractivity contribution in [2.45, 2.75) is 64.2 Å². The average Bonchev–Trinajstić information content (AvgIpc) is 2.33. The van der Waals surface area contributed by atoms with Gasteiger partial charge >= 0.3 is 0 Å². The predicted octanol–water partition coefficient (Wildman–Crippen LogP) is 4.00. The van der Waals surface area contributed by atoms with Crippen LogP contribution < -0.4 is 5.32 Å². The monoisotopic (exact) mass is 207 g/mol. The van der Waals surface area contributed by atoms with Gasteiger partial charge in [-0.1, -0.05) is 31.3 Å². The second-order valence-electron chi connectivity index (χ2n) is 5.16. The van der Waals surface area contributed by atoms with Gasteiger partial charge in [-0.15, -0.1) is 0 Å². The third-order valence-electron chi connectivity index (χ3n) is 4.12. The summed E-state index contributed by atoms with van der Waals surface area (Å²) in [5.74, 6) is 0.872. The van der Waals surface area contributed by atoms with Crippen molar-refractivity contribution >= 4 is 0 Å². The van der Waals surface area contributed by atoms with E-state index in [-0.39, 0.29) is 0 Å². The normalized spacial score (nSPS) is 23.9. The molecule has 2 aliphatic carbocycles. The summed E-state index contributed by atoms with van der Waals surface area (Å²) in [5.41, 5.74) is 3.39. The maximum absolute atomic E-state index is 3.52. The maximum atomic E-state index is 3.52. The predicted molar refractivity (Wildman–Crippen MR) is 65.7 cm³/mol. The van der Waals surface area contributed by atoms with E-state index in [0.717, 1.165) is 5.92 Å². The fourth-order valence-electron chi connectivity index (χ4n) is 3.31. The molecule has 0 aromatic rings. The second-order valence-corrected chi connectivity index (χ2v) is 5.16. The van der Waals surface area contributed by atoms with E-state index in [1.807, 2.05) is 0 Å². The van der Waals surface area contributed by atoms with Gasteiger partial charge in [0, 0.05) is 12.7 Å². The first-order valence-electron chi connectivity index (χ1n) is 6.81. The van der Waals surface area contributed by atoms with Crippen molar-refractivity contribution in [2.24, 2.45) is 5.92 Å². The van der Waals surface area contributed by atoms with Crippen LogP contribution in [0.1, 0.15) is 64.2 Å². The van der Waals surface area contributed by atoms with Crippen LogP contribution in [-0.4, -0.2) is 7.05 Å². The number of allylic oxidation sites excluding steroid dienone is 2. The molecule has 0 radical (unpaired) electrons. The number of hydrogen-bond donors (Lipinski definition) is 1. The molecule has 0 bridgehead atoms. The van der Waals surface area contributed by atoms with Crippen LogP contribution in [0, 0.1) is 5.92 Å². The van der Waals surface area contributed by atoms with E-state index in [1.54, 1.807) is 11.3 Å². The fraction of sp³-hybridized carbons (Fsp3) is 0.857. The highest BCUT2D eigenvalue weighted by molar-refractivity contribution is 5.17. The van der Waals surface area contributed by atoms with E-state index >= 15 is 0 Å². The Labute approximate surface area is 94.3 Å². The van der Waals surface area contributed by atoms with Crippen molar-refractivity contribution in [1.29, 1.82) is 0 Å². The van der Waals surface area contributed by atoms with Gasteiger partial charge in [0.1, 0.15) is 0 Å². The first-order chi connectivity index (χ1) is 7.42. The molecular formula is C14H25N. The van der Waals surface area contributed by atoms with E-state index in [9.17, 15) is 0 Å². The Hall–Kier alpha value is -0.460. The zero-order chi connectivity index (χ0) is 10.5. The van der Waals surface area contributed by atoms with Crippen LogP contribution >= 0.6 is 0 Å². The third-order valence-corrected chi connectivity index (χ3v) is 4.12. The minimum atomic E-state index is 0.872. The molecule has 1 N–H and O–H groups in total. The van der Waals surface area contributed by atoms with Gasteiger partial charge in [0.25, 0.3) is 0 Å². The second kappa shape index (κ2) is 5.58. The first kappa shape index (κ1) is 11.0. The highest BCUT2D eigenvalue weighted by Gasteiger charge is 2.20. The Morgan fingerprint density at radius 1 is 0.933 bits per heavy atom. The SMILES string of the molecule is CNC(=C1CCCCC1)C1CCCCC1. The summed E-state index contributed by atoms with van der Waals surface area (Å²) in [6.45, 7) is 0. The summed E-state index contributed by atoms with van der Waals surface area (Å²) < 4.78 is 0. The van der Waals surface area contributed by atoms with Gasteiger partial charge in [0.15, 0.2) is 0 Å². The average molecular weight is 207 g/mol. The molecule has 15 heavy (non-hydrogen) atoms. The smallest absolute Gasteiger partial charge is 0.0127 e. The maximum Gasteiger partial charge on any atom is 0.0127 e. The molecule has 0 amide bonds. The molecule has 1 heteroatoms. The van der Waals surface area contributed by atoms with Crippen molar-refractivity contribution in [3.63, 3.8) is 0 Å². The Morgan fingerprint density at radius 2 is 1.53 bits per heavy atom. The van der Waals surface area contributed by atoms with Crippen LogP contribution in [0.25, 0.3) is 0 Å². The minimum Gasteiger partial charge on any atom is -0.391 e. The van der Waals surface area contributed by atoms with Crippen molar-refractivity contribution in [3.05, 3.63) is 11.3 Å². The Balaban J connectivity index is 2.05. The van der Waals surface area contributed by atoms with Crippen LogP contribution in [0.5, 0.6) is 0 Å². The van der Waals surface area contributed by atoms with Gasteiger partial charge in [-0.2, -0.15) is 0 Å². The van der Waals surface area contributed by atoms with Crippen LogP contribution in [0.15, 0.2) is 11.3 Å². The molecule has 2 rings (SSSR count). The van der Waals surface area contributed by atoms with Gasteiger partial charge < -0.3 is 5.32 Å².